The molecule has 7 heteroatoms. The van der Waals surface area contributed by atoms with Crippen molar-refractivity contribution in [1.29, 1.82) is 0 Å². The predicted molar refractivity (Wildman–Crippen MR) is 96.6 cm³/mol. The molecule has 0 saturated carbocycles. The first-order chi connectivity index (χ1) is 12.1. The Morgan fingerprint density at radius 1 is 1.32 bits per heavy atom. The third kappa shape index (κ3) is 3.20. The molecule has 1 atom stereocenters. The molecular formula is C18H21FN4OS. The molecule has 1 aliphatic heterocycles. The van der Waals surface area contributed by atoms with Crippen molar-refractivity contribution >= 4 is 22.5 Å². The maximum absolute atomic E-state index is 13.8. The number of hydrogen-bond acceptors (Lipinski definition) is 4. The van der Waals surface area contributed by atoms with Crippen molar-refractivity contribution in [2.45, 2.75) is 25.8 Å². The Balaban J connectivity index is 1.35. The van der Waals surface area contributed by atoms with E-state index >= 15 is 0 Å². The van der Waals surface area contributed by atoms with Crippen molar-refractivity contribution in [2.75, 3.05) is 31.1 Å². The smallest absolute Gasteiger partial charge is 0.318 e. The molecule has 132 valence electrons. The second-order valence-electron chi connectivity index (χ2n) is 6.59. The molecule has 4 rings (SSSR count). The number of hydrogen-bond donors (Lipinski definition) is 1. The van der Waals surface area contributed by atoms with Crippen molar-refractivity contribution in [3.63, 3.8) is 0 Å². The molecule has 5 nitrogen and oxygen atoms in total. The van der Waals surface area contributed by atoms with Gasteiger partial charge < -0.3 is 15.1 Å². The molecule has 2 amide bonds. The van der Waals surface area contributed by atoms with Gasteiger partial charge in [0.2, 0.25) is 0 Å². The number of benzene rings is 1. The topological polar surface area (TPSA) is 48.5 Å². The summed E-state index contributed by atoms with van der Waals surface area (Å²) in [4.78, 5) is 21.2. The number of aryl methyl sites for hydroxylation is 1. The molecule has 1 N–H and O–H groups in total. The van der Waals surface area contributed by atoms with Crippen molar-refractivity contribution in [2.24, 2.45) is 0 Å². The predicted octanol–water partition coefficient (Wildman–Crippen LogP) is 3.11. The fourth-order valence-corrected chi connectivity index (χ4v) is 4.44. The van der Waals surface area contributed by atoms with Gasteiger partial charge in [-0.1, -0.05) is 12.1 Å². The first-order valence-electron chi connectivity index (χ1n) is 8.61. The minimum absolute atomic E-state index is 0.0583. The average Bonchev–Trinajstić information content (AvgIpc) is 3.23. The molecule has 2 aromatic rings. The summed E-state index contributed by atoms with van der Waals surface area (Å²) < 4.78 is 13.8. The number of amides is 2. The largest absolute Gasteiger partial charge is 0.345 e. The highest BCUT2D eigenvalue weighted by Crippen LogP contribution is 2.32. The maximum Gasteiger partial charge on any atom is 0.318 e. The molecule has 1 saturated heterocycles. The number of nitrogens with zero attached hydrogens (tertiary/aromatic N) is 3. The van der Waals surface area contributed by atoms with E-state index in [9.17, 15) is 9.18 Å². The number of carbonyl (C=O) groups is 1. The van der Waals surface area contributed by atoms with Crippen LogP contribution in [0.1, 0.15) is 29.3 Å². The van der Waals surface area contributed by atoms with Crippen LogP contribution in [0.2, 0.25) is 0 Å². The van der Waals surface area contributed by atoms with Crippen LogP contribution in [-0.4, -0.2) is 42.1 Å². The number of carbonyl (C=O) groups excluding carboxylic acids is 1. The summed E-state index contributed by atoms with van der Waals surface area (Å²) in [5.74, 6) is -0.165. The molecule has 1 aromatic heterocycles. The zero-order chi connectivity index (χ0) is 17.4. The second kappa shape index (κ2) is 6.63. The molecule has 1 unspecified atom stereocenters. The van der Waals surface area contributed by atoms with Crippen LogP contribution in [-0.2, 0) is 6.42 Å². The minimum Gasteiger partial charge on any atom is -0.345 e. The summed E-state index contributed by atoms with van der Waals surface area (Å²) >= 11 is 1.65. The van der Waals surface area contributed by atoms with E-state index in [0.29, 0.717) is 19.5 Å². The molecule has 2 aliphatic rings. The lowest BCUT2D eigenvalue weighted by Crippen LogP contribution is -2.52. The SMILES string of the molecule is Cc1csc(N2CCN(C(=O)NC3CCc4c(F)cccc43)CC2)n1. The van der Waals surface area contributed by atoms with Crippen LogP contribution in [0.3, 0.4) is 0 Å². The molecule has 1 aromatic carbocycles. The Kier molecular flexibility index (Phi) is 4.33. The molecule has 0 spiro atoms. The quantitative estimate of drug-likeness (QED) is 0.895. The molecular weight excluding hydrogens is 339 g/mol. The van der Waals surface area contributed by atoms with Crippen molar-refractivity contribution in [1.82, 2.24) is 15.2 Å². The maximum atomic E-state index is 13.8. The number of nitrogens with one attached hydrogen (secondary N) is 1. The number of thiazole rings is 1. The summed E-state index contributed by atoms with van der Waals surface area (Å²) in [5, 5.41) is 6.15. The summed E-state index contributed by atoms with van der Waals surface area (Å²) in [6, 6.07) is 4.98. The number of halogens is 1. The molecule has 0 bridgehead atoms. The number of anilines is 1. The van der Waals surface area contributed by atoms with E-state index in [4.69, 9.17) is 0 Å². The van der Waals surface area contributed by atoms with Gasteiger partial charge in [-0.05, 0) is 37.0 Å². The highest BCUT2D eigenvalue weighted by atomic mass is 32.1. The van der Waals surface area contributed by atoms with Crippen LogP contribution < -0.4 is 10.2 Å². The van der Waals surface area contributed by atoms with Crippen LogP contribution in [0, 0.1) is 12.7 Å². The van der Waals surface area contributed by atoms with Gasteiger partial charge >= 0.3 is 6.03 Å². The standard InChI is InChI=1S/C18H21FN4OS/c1-12-11-25-18(20-12)23-9-7-22(8-10-23)17(24)21-16-6-5-13-14(16)3-2-4-15(13)19/h2-4,11,16H,5-10H2,1H3,(H,21,24). The first kappa shape index (κ1) is 16.3. The number of urea groups is 1. The monoisotopic (exact) mass is 360 g/mol. The van der Waals surface area contributed by atoms with Crippen LogP contribution in [0.5, 0.6) is 0 Å². The lowest BCUT2D eigenvalue weighted by Gasteiger charge is -2.35. The zero-order valence-electron chi connectivity index (χ0n) is 14.2. The van der Waals surface area contributed by atoms with E-state index in [1.165, 1.54) is 6.07 Å². The van der Waals surface area contributed by atoms with Gasteiger partial charge in [0.1, 0.15) is 5.82 Å². The van der Waals surface area contributed by atoms with Gasteiger partial charge in [-0.25, -0.2) is 14.2 Å². The van der Waals surface area contributed by atoms with E-state index in [2.05, 4.69) is 15.2 Å². The summed E-state index contributed by atoms with van der Waals surface area (Å²) in [5.41, 5.74) is 2.70. The summed E-state index contributed by atoms with van der Waals surface area (Å²) in [7, 11) is 0. The number of fused-ring (bicyclic) bond motifs is 1. The third-order valence-electron chi connectivity index (χ3n) is 4.96. The Morgan fingerprint density at radius 2 is 2.12 bits per heavy atom. The van der Waals surface area contributed by atoms with Gasteiger partial charge in [0.15, 0.2) is 5.13 Å². The molecule has 25 heavy (non-hydrogen) atoms. The lowest BCUT2D eigenvalue weighted by molar-refractivity contribution is 0.190. The molecule has 2 heterocycles. The number of aromatic nitrogens is 1. The number of rotatable bonds is 2. The summed E-state index contributed by atoms with van der Waals surface area (Å²) in [6.45, 7) is 4.92. The lowest BCUT2D eigenvalue weighted by atomic mass is 10.1. The van der Waals surface area contributed by atoms with Gasteiger partial charge in [0.25, 0.3) is 0 Å². The van der Waals surface area contributed by atoms with Crippen molar-refractivity contribution < 1.29 is 9.18 Å². The highest BCUT2D eigenvalue weighted by molar-refractivity contribution is 7.13. The van der Waals surface area contributed by atoms with Crippen molar-refractivity contribution in [3.05, 3.63) is 46.2 Å². The van der Waals surface area contributed by atoms with E-state index in [0.717, 1.165) is 41.5 Å². The Hall–Kier alpha value is -2.15. The Morgan fingerprint density at radius 3 is 2.84 bits per heavy atom. The van der Waals surface area contributed by atoms with Gasteiger partial charge in [0.05, 0.1) is 11.7 Å². The third-order valence-corrected chi connectivity index (χ3v) is 5.97. The van der Waals surface area contributed by atoms with Crippen LogP contribution in [0.15, 0.2) is 23.6 Å². The van der Waals surface area contributed by atoms with Crippen molar-refractivity contribution in [3.8, 4) is 0 Å². The van der Waals surface area contributed by atoms with Crippen LogP contribution >= 0.6 is 11.3 Å². The fraction of sp³-hybridized carbons (Fsp3) is 0.444. The Bertz CT molecular complexity index is 785. The van der Waals surface area contributed by atoms with E-state index in [1.807, 2.05) is 23.3 Å². The van der Waals surface area contributed by atoms with Crippen LogP contribution in [0.25, 0.3) is 0 Å². The molecule has 0 radical (unpaired) electrons. The highest BCUT2D eigenvalue weighted by Gasteiger charge is 2.29. The van der Waals surface area contributed by atoms with E-state index < -0.39 is 0 Å². The zero-order valence-corrected chi connectivity index (χ0v) is 15.0. The Labute approximate surface area is 150 Å². The normalized spacial score (nSPS) is 19.8. The average molecular weight is 360 g/mol. The van der Waals surface area contributed by atoms with Gasteiger partial charge in [-0.15, -0.1) is 11.3 Å². The molecule has 1 fully saturated rings. The second-order valence-corrected chi connectivity index (χ2v) is 7.43. The van der Waals surface area contributed by atoms with Crippen LogP contribution in [0.4, 0.5) is 14.3 Å². The first-order valence-corrected chi connectivity index (χ1v) is 9.49. The van der Waals surface area contributed by atoms with Gasteiger partial charge in [0, 0.05) is 31.6 Å². The van der Waals surface area contributed by atoms with Gasteiger partial charge in [-0.3, -0.25) is 0 Å². The molecule has 1 aliphatic carbocycles. The van der Waals surface area contributed by atoms with E-state index in [1.54, 1.807) is 17.4 Å². The van der Waals surface area contributed by atoms with E-state index in [-0.39, 0.29) is 17.9 Å². The summed E-state index contributed by atoms with van der Waals surface area (Å²) in [6.07, 6.45) is 1.45. The minimum atomic E-state index is -0.165. The fourth-order valence-electron chi connectivity index (χ4n) is 3.59. The number of piperazine rings is 1. The van der Waals surface area contributed by atoms with Gasteiger partial charge in [-0.2, -0.15) is 0 Å².